The SMILES string of the molecule is CCOC(=O)[C@H]1C(=O)c2c(-c3ccc(N(C)C)cc3)nc3c(c(C)nn3-c3ccccc3)c2[C@H](C(=O)OCC)[C@H]1c1ccccc1. The molecule has 1 aliphatic rings. The molecule has 0 saturated heterocycles. The number of carbonyl (C=O) groups is 3. The van der Waals surface area contributed by atoms with Crippen LogP contribution < -0.4 is 4.90 Å². The van der Waals surface area contributed by atoms with E-state index in [2.05, 4.69) is 0 Å². The van der Waals surface area contributed by atoms with Gasteiger partial charge in [-0.3, -0.25) is 14.4 Å². The number of benzene rings is 3. The van der Waals surface area contributed by atoms with Crippen LogP contribution in [0.15, 0.2) is 84.9 Å². The second-order valence-corrected chi connectivity index (χ2v) is 11.5. The lowest BCUT2D eigenvalue weighted by Gasteiger charge is -2.37. The molecule has 2 heterocycles. The van der Waals surface area contributed by atoms with Crippen molar-refractivity contribution in [1.29, 1.82) is 0 Å². The molecule has 0 radical (unpaired) electrons. The monoisotopic (exact) mass is 616 g/mol. The summed E-state index contributed by atoms with van der Waals surface area (Å²) in [6, 6.07) is 26.5. The topological polar surface area (TPSA) is 104 Å². The van der Waals surface area contributed by atoms with Crippen LogP contribution in [0.1, 0.15) is 52.9 Å². The van der Waals surface area contributed by atoms with Crippen LogP contribution in [0.4, 0.5) is 5.69 Å². The predicted molar refractivity (Wildman–Crippen MR) is 176 cm³/mol. The van der Waals surface area contributed by atoms with Gasteiger partial charge in [-0.05, 0) is 56.2 Å². The molecule has 234 valence electrons. The number of ketones is 1. The van der Waals surface area contributed by atoms with E-state index in [1.807, 2.05) is 111 Å². The Kier molecular flexibility index (Phi) is 8.41. The third-order valence-corrected chi connectivity index (χ3v) is 8.51. The zero-order valence-electron chi connectivity index (χ0n) is 26.6. The minimum atomic E-state index is -1.30. The Morgan fingerprint density at radius 2 is 1.41 bits per heavy atom. The largest absolute Gasteiger partial charge is 0.466 e. The van der Waals surface area contributed by atoms with Gasteiger partial charge in [0.1, 0.15) is 5.92 Å². The van der Waals surface area contributed by atoms with E-state index in [-0.39, 0.29) is 18.8 Å². The van der Waals surface area contributed by atoms with Gasteiger partial charge >= 0.3 is 11.9 Å². The van der Waals surface area contributed by atoms with Gasteiger partial charge in [0.25, 0.3) is 0 Å². The van der Waals surface area contributed by atoms with Gasteiger partial charge in [-0.15, -0.1) is 0 Å². The molecule has 3 atom stereocenters. The molecule has 0 unspecified atom stereocenters. The van der Waals surface area contributed by atoms with E-state index in [9.17, 15) is 14.4 Å². The van der Waals surface area contributed by atoms with Crippen molar-refractivity contribution < 1.29 is 23.9 Å². The number of esters is 2. The molecule has 5 aromatic rings. The number of aryl methyl sites for hydroxylation is 1. The van der Waals surface area contributed by atoms with E-state index in [1.54, 1.807) is 18.5 Å². The second kappa shape index (κ2) is 12.6. The maximum Gasteiger partial charge on any atom is 0.317 e. The molecule has 6 rings (SSSR count). The zero-order valence-corrected chi connectivity index (χ0v) is 26.6. The van der Waals surface area contributed by atoms with Crippen LogP contribution in [-0.2, 0) is 19.1 Å². The number of carbonyl (C=O) groups excluding carboxylic acids is 3. The van der Waals surface area contributed by atoms with Gasteiger partial charge in [-0.2, -0.15) is 5.10 Å². The van der Waals surface area contributed by atoms with Crippen LogP contribution >= 0.6 is 0 Å². The molecule has 0 aliphatic heterocycles. The van der Waals surface area contributed by atoms with E-state index in [0.717, 1.165) is 11.4 Å². The predicted octanol–water partition coefficient (Wildman–Crippen LogP) is 6.27. The number of hydrogen-bond donors (Lipinski definition) is 0. The summed E-state index contributed by atoms with van der Waals surface area (Å²) in [4.78, 5) is 50.0. The van der Waals surface area contributed by atoms with Crippen molar-refractivity contribution in [2.45, 2.75) is 32.6 Å². The lowest BCUT2D eigenvalue weighted by Crippen LogP contribution is -2.43. The fourth-order valence-corrected chi connectivity index (χ4v) is 6.52. The normalized spacial score (nSPS) is 17.4. The summed E-state index contributed by atoms with van der Waals surface area (Å²) < 4.78 is 13.0. The van der Waals surface area contributed by atoms with Crippen molar-refractivity contribution in [3.8, 4) is 16.9 Å². The lowest BCUT2D eigenvalue weighted by molar-refractivity contribution is -0.150. The number of fused-ring (bicyclic) bond motifs is 3. The Bertz CT molecular complexity index is 1920. The first-order valence-electron chi connectivity index (χ1n) is 15.5. The highest BCUT2D eigenvalue weighted by Gasteiger charge is 2.53. The average Bonchev–Trinajstić information content (AvgIpc) is 3.41. The highest BCUT2D eigenvalue weighted by atomic mass is 16.5. The molecular weight excluding hydrogens is 580 g/mol. The standard InChI is InChI=1S/C37H36N4O5/c1-6-45-36(43)30-28(23-14-10-8-11-15-23)32(37(44)46-7-2)34(42)31-29(30)27-22(3)39-41(26-16-12-9-13-17-26)35(27)38-33(31)24-18-20-25(21-19-24)40(4)5/h8-21,28,30,32H,6-7H2,1-5H3/t28-,30-,32-/m1/s1. The van der Waals surface area contributed by atoms with Gasteiger partial charge in [0.15, 0.2) is 11.4 Å². The highest BCUT2D eigenvalue weighted by Crippen LogP contribution is 2.51. The first-order valence-corrected chi connectivity index (χ1v) is 15.5. The average molecular weight is 617 g/mol. The maximum absolute atomic E-state index is 14.9. The van der Waals surface area contributed by atoms with E-state index in [4.69, 9.17) is 19.6 Å². The Morgan fingerprint density at radius 3 is 2.00 bits per heavy atom. The number of rotatable bonds is 8. The zero-order chi connectivity index (χ0) is 32.5. The number of nitrogens with zero attached hydrogens (tertiary/aromatic N) is 4. The molecule has 46 heavy (non-hydrogen) atoms. The van der Waals surface area contributed by atoms with Gasteiger partial charge in [0, 0.05) is 42.2 Å². The molecule has 1 aliphatic carbocycles. The molecule has 0 saturated carbocycles. The number of para-hydroxylation sites is 1. The van der Waals surface area contributed by atoms with E-state index in [1.165, 1.54) is 0 Å². The van der Waals surface area contributed by atoms with Gasteiger partial charge in [-0.25, -0.2) is 9.67 Å². The molecule has 3 aromatic carbocycles. The van der Waals surface area contributed by atoms with Crippen molar-refractivity contribution in [3.63, 3.8) is 0 Å². The summed E-state index contributed by atoms with van der Waals surface area (Å²) in [6.45, 7) is 5.49. The first kappa shape index (κ1) is 30.7. The summed E-state index contributed by atoms with van der Waals surface area (Å²) >= 11 is 0. The van der Waals surface area contributed by atoms with Crippen LogP contribution in [0.5, 0.6) is 0 Å². The first-order chi connectivity index (χ1) is 22.3. The van der Waals surface area contributed by atoms with Crippen LogP contribution in [0.25, 0.3) is 28.0 Å². The number of pyridine rings is 1. The van der Waals surface area contributed by atoms with E-state index >= 15 is 0 Å². The quantitative estimate of drug-likeness (QED) is 0.149. The number of Topliss-reactive ketones (excluding diaryl/α,β-unsaturated/α-hetero) is 1. The Morgan fingerprint density at radius 1 is 0.826 bits per heavy atom. The minimum Gasteiger partial charge on any atom is -0.466 e. The van der Waals surface area contributed by atoms with Crippen molar-refractivity contribution in [3.05, 3.63) is 107 Å². The van der Waals surface area contributed by atoms with Crippen LogP contribution in [0.3, 0.4) is 0 Å². The number of hydrogen-bond acceptors (Lipinski definition) is 8. The third kappa shape index (κ3) is 5.21. The van der Waals surface area contributed by atoms with E-state index < -0.39 is 35.5 Å². The number of aromatic nitrogens is 3. The Labute approximate surface area is 267 Å². The smallest absolute Gasteiger partial charge is 0.317 e. The fourth-order valence-electron chi connectivity index (χ4n) is 6.52. The van der Waals surface area contributed by atoms with Crippen LogP contribution in [0, 0.1) is 12.8 Å². The molecule has 2 aromatic heterocycles. The molecule has 9 nitrogen and oxygen atoms in total. The summed E-state index contributed by atoms with van der Waals surface area (Å²) in [7, 11) is 3.90. The summed E-state index contributed by atoms with van der Waals surface area (Å²) in [5.74, 6) is -4.88. The van der Waals surface area contributed by atoms with Crippen molar-refractivity contribution in [2.24, 2.45) is 5.92 Å². The van der Waals surface area contributed by atoms with Gasteiger partial charge < -0.3 is 14.4 Å². The highest BCUT2D eigenvalue weighted by molar-refractivity contribution is 6.18. The number of anilines is 1. The molecule has 9 heteroatoms. The lowest BCUT2D eigenvalue weighted by atomic mass is 9.64. The van der Waals surface area contributed by atoms with Crippen molar-refractivity contribution in [2.75, 3.05) is 32.2 Å². The molecule has 0 bridgehead atoms. The molecular formula is C37H36N4O5. The van der Waals surface area contributed by atoms with Gasteiger partial charge in [0.2, 0.25) is 0 Å². The third-order valence-electron chi connectivity index (χ3n) is 8.51. The van der Waals surface area contributed by atoms with Crippen molar-refractivity contribution >= 4 is 34.4 Å². The molecule has 0 spiro atoms. The van der Waals surface area contributed by atoms with Crippen molar-refractivity contribution in [1.82, 2.24) is 14.8 Å². The van der Waals surface area contributed by atoms with Gasteiger partial charge in [-0.1, -0.05) is 60.7 Å². The van der Waals surface area contributed by atoms with E-state index in [0.29, 0.717) is 39.1 Å². The number of ether oxygens (including phenoxy) is 2. The van der Waals surface area contributed by atoms with Crippen LogP contribution in [-0.4, -0.2) is 59.8 Å². The maximum atomic E-state index is 14.9. The van der Waals surface area contributed by atoms with Crippen LogP contribution in [0.2, 0.25) is 0 Å². The minimum absolute atomic E-state index is 0.0835. The fraction of sp³-hybridized carbons (Fsp3) is 0.270. The second-order valence-electron chi connectivity index (χ2n) is 11.5. The molecule has 0 fully saturated rings. The molecule has 0 amide bonds. The summed E-state index contributed by atoms with van der Waals surface area (Å²) in [5, 5.41) is 5.46. The Balaban J connectivity index is 1.76. The summed E-state index contributed by atoms with van der Waals surface area (Å²) in [5.41, 5.74) is 5.21. The molecule has 0 N–H and O–H groups in total. The summed E-state index contributed by atoms with van der Waals surface area (Å²) in [6.07, 6.45) is 0. The van der Waals surface area contributed by atoms with Gasteiger partial charge in [0.05, 0.1) is 36.2 Å². The Hall–Kier alpha value is -5.31.